The van der Waals surface area contributed by atoms with Crippen LogP contribution in [0.2, 0.25) is 0 Å². The number of carbonyl (C=O) groups is 1. The van der Waals surface area contributed by atoms with E-state index >= 15 is 0 Å². The lowest BCUT2D eigenvalue weighted by Gasteiger charge is -2.22. The van der Waals surface area contributed by atoms with Crippen molar-refractivity contribution in [2.75, 3.05) is 7.05 Å². The molecule has 3 aromatic rings. The molecule has 0 aliphatic carbocycles. The summed E-state index contributed by atoms with van der Waals surface area (Å²) in [6, 6.07) is 15.6. The molecule has 0 spiro atoms. The number of rotatable bonds is 4. The molecule has 8 heteroatoms. The highest BCUT2D eigenvalue weighted by atomic mass is 19.4. The molecule has 0 unspecified atom stereocenters. The molecule has 0 bridgehead atoms. The number of nitrogens with zero attached hydrogens (tertiary/aromatic N) is 1. The van der Waals surface area contributed by atoms with E-state index in [4.69, 9.17) is 0 Å². The van der Waals surface area contributed by atoms with Crippen LogP contribution in [0.25, 0.3) is 11.1 Å². The van der Waals surface area contributed by atoms with E-state index in [1.807, 2.05) is 18.2 Å². The van der Waals surface area contributed by atoms with Gasteiger partial charge in [-0.2, -0.15) is 26.3 Å². The predicted molar refractivity (Wildman–Crippen MR) is 109 cm³/mol. The fourth-order valence-electron chi connectivity index (χ4n) is 3.46. The standard InChI is InChI=1S/C24H19F6NO/c1-15-7-6-10-20(17-8-4-3-5-9-17)21(15)22(32)31(2)14-16-11-18(23(25,26)27)13-19(12-16)24(28,29)30/h3-13H,14H2,1-2H3. The van der Waals surface area contributed by atoms with Gasteiger partial charge in [0.1, 0.15) is 0 Å². The Morgan fingerprint density at radius 2 is 1.38 bits per heavy atom. The van der Waals surface area contributed by atoms with E-state index in [2.05, 4.69) is 0 Å². The minimum absolute atomic E-state index is 0.0696. The number of hydrogen-bond acceptors (Lipinski definition) is 1. The van der Waals surface area contributed by atoms with Crippen LogP contribution < -0.4 is 0 Å². The second kappa shape index (κ2) is 8.68. The van der Waals surface area contributed by atoms with Crippen molar-refractivity contribution in [3.8, 4) is 11.1 Å². The Morgan fingerprint density at radius 3 is 1.91 bits per heavy atom. The van der Waals surface area contributed by atoms with Gasteiger partial charge >= 0.3 is 12.4 Å². The number of carbonyl (C=O) groups excluding carboxylic acids is 1. The highest BCUT2D eigenvalue weighted by Gasteiger charge is 2.37. The van der Waals surface area contributed by atoms with Crippen LogP contribution in [0.3, 0.4) is 0 Å². The number of hydrogen-bond donors (Lipinski definition) is 0. The van der Waals surface area contributed by atoms with Crippen molar-refractivity contribution in [3.05, 3.63) is 94.5 Å². The van der Waals surface area contributed by atoms with Gasteiger partial charge in [-0.15, -0.1) is 0 Å². The Hall–Kier alpha value is -3.29. The Bertz CT molecular complexity index is 1090. The zero-order valence-corrected chi connectivity index (χ0v) is 17.2. The Balaban J connectivity index is 1.99. The zero-order valence-electron chi connectivity index (χ0n) is 17.2. The van der Waals surface area contributed by atoms with Gasteiger partial charge in [0.05, 0.1) is 16.7 Å². The molecule has 3 rings (SSSR count). The molecule has 0 aliphatic rings. The first-order valence-electron chi connectivity index (χ1n) is 9.57. The highest BCUT2D eigenvalue weighted by Crippen LogP contribution is 2.36. The minimum Gasteiger partial charge on any atom is -0.337 e. The van der Waals surface area contributed by atoms with Gasteiger partial charge in [0.15, 0.2) is 0 Å². The normalized spacial score (nSPS) is 12.0. The van der Waals surface area contributed by atoms with Gasteiger partial charge in [0.2, 0.25) is 0 Å². The third kappa shape index (κ3) is 5.12. The number of aryl methyl sites for hydroxylation is 1. The van der Waals surface area contributed by atoms with Crippen LogP contribution in [0, 0.1) is 6.92 Å². The molecule has 0 radical (unpaired) electrons. The summed E-state index contributed by atoms with van der Waals surface area (Å²) in [6.45, 7) is 1.30. The fraction of sp³-hybridized carbons (Fsp3) is 0.208. The van der Waals surface area contributed by atoms with Crippen molar-refractivity contribution >= 4 is 5.91 Å². The summed E-state index contributed by atoms with van der Waals surface area (Å²) >= 11 is 0. The molecule has 0 heterocycles. The van der Waals surface area contributed by atoms with Crippen molar-refractivity contribution in [2.24, 2.45) is 0 Å². The van der Waals surface area contributed by atoms with E-state index in [0.29, 0.717) is 28.8 Å². The first kappa shape index (κ1) is 23.4. The molecule has 0 N–H and O–H groups in total. The maximum atomic E-state index is 13.2. The van der Waals surface area contributed by atoms with Gasteiger partial charge in [0, 0.05) is 13.6 Å². The van der Waals surface area contributed by atoms with E-state index in [0.717, 1.165) is 10.5 Å². The molecule has 1 amide bonds. The van der Waals surface area contributed by atoms with Gasteiger partial charge in [-0.25, -0.2) is 0 Å². The van der Waals surface area contributed by atoms with Gasteiger partial charge in [-0.3, -0.25) is 4.79 Å². The lowest BCUT2D eigenvalue weighted by Crippen LogP contribution is -2.28. The monoisotopic (exact) mass is 451 g/mol. The zero-order chi connectivity index (χ0) is 23.7. The summed E-state index contributed by atoms with van der Waals surface area (Å²) in [7, 11) is 1.34. The largest absolute Gasteiger partial charge is 0.416 e. The van der Waals surface area contributed by atoms with E-state index in [9.17, 15) is 31.1 Å². The van der Waals surface area contributed by atoms with Crippen molar-refractivity contribution in [1.82, 2.24) is 4.90 Å². The molecule has 0 fully saturated rings. The van der Waals surface area contributed by atoms with E-state index in [1.54, 1.807) is 37.3 Å². The maximum Gasteiger partial charge on any atom is 0.416 e. The molecule has 0 saturated heterocycles. The van der Waals surface area contributed by atoms with Crippen molar-refractivity contribution in [1.29, 1.82) is 0 Å². The number of amides is 1. The van der Waals surface area contributed by atoms with Crippen LogP contribution in [0.15, 0.2) is 66.7 Å². The van der Waals surface area contributed by atoms with Crippen LogP contribution in [0.5, 0.6) is 0 Å². The predicted octanol–water partition coefficient (Wildman–Crippen LogP) is 6.97. The Morgan fingerprint density at radius 1 is 0.812 bits per heavy atom. The SMILES string of the molecule is Cc1cccc(-c2ccccc2)c1C(=O)N(C)Cc1cc(C(F)(F)F)cc(C(F)(F)F)c1. The third-order valence-corrected chi connectivity index (χ3v) is 4.99. The second-order valence-corrected chi connectivity index (χ2v) is 7.44. The average molecular weight is 451 g/mol. The summed E-state index contributed by atoms with van der Waals surface area (Å²) in [5.41, 5.74) is -0.716. The van der Waals surface area contributed by atoms with E-state index in [1.165, 1.54) is 7.05 Å². The quantitative estimate of drug-likeness (QED) is 0.392. The summed E-state index contributed by atoms with van der Waals surface area (Å²) in [4.78, 5) is 14.3. The van der Waals surface area contributed by atoms with E-state index < -0.39 is 35.9 Å². The summed E-state index contributed by atoms with van der Waals surface area (Å²) in [5.74, 6) is -0.507. The Labute approximate surface area is 181 Å². The van der Waals surface area contributed by atoms with E-state index in [-0.39, 0.29) is 11.6 Å². The molecule has 0 aliphatic heterocycles. The van der Waals surface area contributed by atoms with Gasteiger partial charge < -0.3 is 4.90 Å². The molecule has 3 aromatic carbocycles. The summed E-state index contributed by atoms with van der Waals surface area (Å²) in [6.07, 6.45) is -9.90. The van der Waals surface area contributed by atoms with Crippen LogP contribution in [0.4, 0.5) is 26.3 Å². The van der Waals surface area contributed by atoms with Crippen molar-refractivity contribution < 1.29 is 31.1 Å². The smallest absolute Gasteiger partial charge is 0.337 e. The molecule has 32 heavy (non-hydrogen) atoms. The molecular formula is C24H19F6NO. The molecular weight excluding hydrogens is 432 g/mol. The first-order valence-corrected chi connectivity index (χ1v) is 9.57. The molecule has 0 saturated carbocycles. The van der Waals surface area contributed by atoms with Crippen molar-refractivity contribution in [2.45, 2.75) is 25.8 Å². The van der Waals surface area contributed by atoms with Gasteiger partial charge in [-0.1, -0.05) is 48.5 Å². The summed E-state index contributed by atoms with van der Waals surface area (Å²) in [5, 5.41) is 0. The molecule has 2 nitrogen and oxygen atoms in total. The second-order valence-electron chi connectivity index (χ2n) is 7.44. The van der Waals surface area contributed by atoms with Crippen LogP contribution in [0.1, 0.15) is 32.6 Å². The van der Waals surface area contributed by atoms with Crippen LogP contribution >= 0.6 is 0 Å². The third-order valence-electron chi connectivity index (χ3n) is 4.99. The first-order chi connectivity index (χ1) is 14.9. The lowest BCUT2D eigenvalue weighted by molar-refractivity contribution is -0.143. The minimum atomic E-state index is -4.95. The fourth-order valence-corrected chi connectivity index (χ4v) is 3.46. The maximum absolute atomic E-state index is 13.2. The van der Waals surface area contributed by atoms with Crippen LogP contribution in [-0.4, -0.2) is 17.9 Å². The number of alkyl halides is 6. The molecule has 168 valence electrons. The Kier molecular flexibility index (Phi) is 6.34. The topological polar surface area (TPSA) is 20.3 Å². The number of halogens is 6. The molecule has 0 aromatic heterocycles. The lowest BCUT2D eigenvalue weighted by atomic mass is 9.95. The highest BCUT2D eigenvalue weighted by molar-refractivity contribution is 6.02. The van der Waals surface area contributed by atoms with Crippen molar-refractivity contribution in [3.63, 3.8) is 0 Å². The average Bonchev–Trinajstić information content (AvgIpc) is 2.72. The van der Waals surface area contributed by atoms with Gasteiger partial charge in [0.25, 0.3) is 5.91 Å². The van der Waals surface area contributed by atoms with Crippen LogP contribution in [-0.2, 0) is 18.9 Å². The van der Waals surface area contributed by atoms with Gasteiger partial charge in [-0.05, 0) is 47.4 Å². The molecule has 0 atom stereocenters. The number of benzene rings is 3. The summed E-state index contributed by atoms with van der Waals surface area (Å²) < 4.78 is 78.9.